The molecule has 1 amide bonds. The van der Waals surface area contributed by atoms with Crippen LogP contribution in [0.2, 0.25) is 0 Å². The standard InChI is InChI=1S/C19H20F3N5O2/c1-10(2)27-9-15(11(3)25-27)17(28)23-12(4)18-24-16(26-29-18)13-5-7-14(8-6-13)19(20,21)22/h5-10,12H,1-4H3,(H,23,28)/t12-/m0/s1. The number of halogens is 3. The SMILES string of the molecule is Cc1nn(C(C)C)cc1C(=O)N[C@@H](C)c1nc(-c2ccc(C(F)(F)F)cc2)no1. The number of carbonyl (C=O) groups is 1. The van der Waals surface area contributed by atoms with Crippen molar-refractivity contribution in [2.75, 3.05) is 0 Å². The Morgan fingerprint density at radius 1 is 1.17 bits per heavy atom. The first-order chi connectivity index (χ1) is 13.6. The maximum atomic E-state index is 12.7. The summed E-state index contributed by atoms with van der Waals surface area (Å²) >= 11 is 0. The second-order valence-electron chi connectivity index (χ2n) is 6.93. The number of aryl methyl sites for hydroxylation is 1. The van der Waals surface area contributed by atoms with Crippen molar-refractivity contribution < 1.29 is 22.5 Å². The number of alkyl halides is 3. The van der Waals surface area contributed by atoms with Gasteiger partial charge in [-0.2, -0.15) is 23.3 Å². The van der Waals surface area contributed by atoms with E-state index < -0.39 is 17.8 Å². The molecule has 1 aromatic carbocycles. The Labute approximate surface area is 164 Å². The van der Waals surface area contributed by atoms with E-state index in [4.69, 9.17) is 4.52 Å². The summed E-state index contributed by atoms with van der Waals surface area (Å²) in [5, 5.41) is 10.9. The van der Waals surface area contributed by atoms with Gasteiger partial charge in [-0.1, -0.05) is 17.3 Å². The van der Waals surface area contributed by atoms with Gasteiger partial charge in [0.15, 0.2) is 0 Å². The third kappa shape index (κ3) is 4.47. The molecule has 154 valence electrons. The number of benzene rings is 1. The fourth-order valence-electron chi connectivity index (χ4n) is 2.64. The minimum Gasteiger partial charge on any atom is -0.340 e. The lowest BCUT2D eigenvalue weighted by molar-refractivity contribution is -0.137. The number of rotatable bonds is 5. The molecule has 0 saturated carbocycles. The number of aromatic nitrogens is 4. The molecule has 2 aromatic heterocycles. The minimum absolute atomic E-state index is 0.120. The summed E-state index contributed by atoms with van der Waals surface area (Å²) in [6.45, 7) is 7.33. The van der Waals surface area contributed by atoms with Crippen LogP contribution in [0.5, 0.6) is 0 Å². The van der Waals surface area contributed by atoms with Gasteiger partial charge in [0.1, 0.15) is 6.04 Å². The first-order valence-corrected chi connectivity index (χ1v) is 8.94. The van der Waals surface area contributed by atoms with Crippen LogP contribution in [0, 0.1) is 6.92 Å². The van der Waals surface area contributed by atoms with Gasteiger partial charge in [-0.3, -0.25) is 9.48 Å². The number of nitrogens with one attached hydrogen (secondary N) is 1. The average molecular weight is 407 g/mol. The molecule has 10 heteroatoms. The lowest BCUT2D eigenvalue weighted by Gasteiger charge is -2.09. The molecule has 3 aromatic rings. The highest BCUT2D eigenvalue weighted by Gasteiger charge is 2.30. The highest BCUT2D eigenvalue weighted by Crippen LogP contribution is 2.30. The van der Waals surface area contributed by atoms with Crippen molar-refractivity contribution in [1.29, 1.82) is 0 Å². The average Bonchev–Trinajstić information content (AvgIpc) is 3.28. The van der Waals surface area contributed by atoms with E-state index >= 15 is 0 Å². The summed E-state index contributed by atoms with van der Waals surface area (Å²) in [5.41, 5.74) is 0.649. The number of carbonyl (C=O) groups excluding carboxylic acids is 1. The number of hydrogen-bond donors (Lipinski definition) is 1. The summed E-state index contributed by atoms with van der Waals surface area (Å²) < 4.78 is 44.9. The van der Waals surface area contributed by atoms with Crippen LogP contribution in [0.1, 0.15) is 60.4 Å². The molecule has 29 heavy (non-hydrogen) atoms. The normalized spacial score (nSPS) is 13.0. The minimum atomic E-state index is -4.42. The fraction of sp³-hybridized carbons (Fsp3) is 0.368. The fourth-order valence-corrected chi connectivity index (χ4v) is 2.64. The summed E-state index contributed by atoms with van der Waals surface area (Å²) in [6.07, 6.45) is -2.75. The van der Waals surface area contributed by atoms with Gasteiger partial charge >= 0.3 is 6.18 Å². The van der Waals surface area contributed by atoms with Crippen LogP contribution in [0.25, 0.3) is 11.4 Å². The molecule has 0 fully saturated rings. The predicted octanol–water partition coefficient (Wildman–Crippen LogP) is 4.33. The van der Waals surface area contributed by atoms with E-state index in [-0.39, 0.29) is 23.7 Å². The van der Waals surface area contributed by atoms with Gasteiger partial charge in [-0.25, -0.2) is 0 Å². The van der Waals surface area contributed by atoms with E-state index in [1.54, 1.807) is 24.7 Å². The van der Waals surface area contributed by atoms with E-state index in [1.165, 1.54) is 12.1 Å². The molecule has 3 rings (SSSR count). The zero-order chi connectivity index (χ0) is 21.3. The van der Waals surface area contributed by atoms with E-state index in [2.05, 4.69) is 20.6 Å². The molecule has 0 aliphatic carbocycles. The molecule has 2 heterocycles. The first kappa shape index (κ1) is 20.6. The molecule has 0 radical (unpaired) electrons. The molecule has 0 bridgehead atoms. The third-order valence-electron chi connectivity index (χ3n) is 4.32. The van der Waals surface area contributed by atoms with Crippen LogP contribution in [-0.2, 0) is 6.18 Å². The van der Waals surface area contributed by atoms with Gasteiger partial charge < -0.3 is 9.84 Å². The van der Waals surface area contributed by atoms with Crippen LogP contribution in [0.3, 0.4) is 0 Å². The zero-order valence-electron chi connectivity index (χ0n) is 16.3. The molecule has 1 atom stereocenters. The van der Waals surface area contributed by atoms with Crippen molar-refractivity contribution in [1.82, 2.24) is 25.2 Å². The van der Waals surface area contributed by atoms with Crippen LogP contribution in [0.15, 0.2) is 35.0 Å². The molecule has 0 saturated heterocycles. The first-order valence-electron chi connectivity index (χ1n) is 8.94. The molecule has 0 aliphatic rings. The van der Waals surface area contributed by atoms with Gasteiger partial charge in [0.05, 0.1) is 16.8 Å². The maximum absolute atomic E-state index is 12.7. The molecule has 7 nitrogen and oxygen atoms in total. The molecular weight excluding hydrogens is 387 g/mol. The largest absolute Gasteiger partial charge is 0.416 e. The molecule has 0 unspecified atom stereocenters. The van der Waals surface area contributed by atoms with Crippen molar-refractivity contribution >= 4 is 5.91 Å². The Morgan fingerprint density at radius 2 is 1.83 bits per heavy atom. The van der Waals surface area contributed by atoms with Gasteiger partial charge in [0.2, 0.25) is 11.7 Å². The molecule has 0 spiro atoms. The molecule has 0 aliphatic heterocycles. The second kappa shape index (κ2) is 7.69. The monoisotopic (exact) mass is 407 g/mol. The topological polar surface area (TPSA) is 85.8 Å². The van der Waals surface area contributed by atoms with Crippen LogP contribution in [-0.4, -0.2) is 25.8 Å². The van der Waals surface area contributed by atoms with Crippen molar-refractivity contribution in [3.8, 4) is 11.4 Å². The van der Waals surface area contributed by atoms with Crippen LogP contribution < -0.4 is 5.32 Å². The Balaban J connectivity index is 1.72. The summed E-state index contributed by atoms with van der Waals surface area (Å²) in [7, 11) is 0. The smallest absolute Gasteiger partial charge is 0.340 e. The van der Waals surface area contributed by atoms with Crippen molar-refractivity contribution in [3.05, 3.63) is 53.2 Å². The summed E-state index contributed by atoms with van der Waals surface area (Å²) in [6, 6.07) is 3.96. The Morgan fingerprint density at radius 3 is 2.38 bits per heavy atom. The van der Waals surface area contributed by atoms with Crippen LogP contribution in [0.4, 0.5) is 13.2 Å². The quantitative estimate of drug-likeness (QED) is 0.680. The van der Waals surface area contributed by atoms with Gasteiger partial charge in [0, 0.05) is 17.8 Å². The third-order valence-corrected chi connectivity index (χ3v) is 4.32. The Kier molecular flexibility index (Phi) is 5.45. The zero-order valence-corrected chi connectivity index (χ0v) is 16.3. The van der Waals surface area contributed by atoms with Gasteiger partial charge in [-0.15, -0.1) is 0 Å². The Bertz CT molecular complexity index is 1010. The molecule has 1 N–H and O–H groups in total. The van der Waals surface area contributed by atoms with E-state index in [0.717, 1.165) is 12.1 Å². The number of hydrogen-bond acceptors (Lipinski definition) is 5. The molecular formula is C19H20F3N5O2. The summed E-state index contributed by atoms with van der Waals surface area (Å²) in [4.78, 5) is 16.7. The van der Waals surface area contributed by atoms with E-state index in [1.807, 2.05) is 13.8 Å². The van der Waals surface area contributed by atoms with Crippen molar-refractivity contribution in [2.24, 2.45) is 0 Å². The lowest BCUT2D eigenvalue weighted by atomic mass is 10.1. The highest BCUT2D eigenvalue weighted by atomic mass is 19.4. The highest BCUT2D eigenvalue weighted by molar-refractivity contribution is 5.95. The Hall–Kier alpha value is -3.17. The van der Waals surface area contributed by atoms with E-state index in [9.17, 15) is 18.0 Å². The second-order valence-corrected chi connectivity index (χ2v) is 6.93. The maximum Gasteiger partial charge on any atom is 0.416 e. The number of amides is 1. The van der Waals surface area contributed by atoms with Gasteiger partial charge in [0.25, 0.3) is 5.91 Å². The summed E-state index contributed by atoms with van der Waals surface area (Å²) in [5.74, 6) is -0.0584. The van der Waals surface area contributed by atoms with E-state index in [0.29, 0.717) is 16.8 Å². The number of nitrogens with zero attached hydrogens (tertiary/aromatic N) is 4. The van der Waals surface area contributed by atoms with Crippen molar-refractivity contribution in [2.45, 2.75) is 46.0 Å². The predicted molar refractivity (Wildman–Crippen MR) is 98.0 cm³/mol. The van der Waals surface area contributed by atoms with Crippen molar-refractivity contribution in [3.63, 3.8) is 0 Å². The van der Waals surface area contributed by atoms with Gasteiger partial charge in [-0.05, 0) is 39.8 Å². The lowest BCUT2D eigenvalue weighted by Crippen LogP contribution is -2.27. The van der Waals surface area contributed by atoms with Crippen LogP contribution >= 0.6 is 0 Å².